The summed E-state index contributed by atoms with van der Waals surface area (Å²) in [5.41, 5.74) is 5.94. The molecule has 0 atom stereocenters. The van der Waals surface area contributed by atoms with E-state index in [0.29, 0.717) is 0 Å². The van der Waals surface area contributed by atoms with Crippen LogP contribution < -0.4 is 10.6 Å². The number of likely N-dealkylation sites (N-methyl/N-ethyl adjacent to an activating group) is 1. The van der Waals surface area contributed by atoms with E-state index in [2.05, 4.69) is 0 Å². The van der Waals surface area contributed by atoms with E-state index in [4.69, 9.17) is 15.6 Å². The zero-order valence-corrected chi connectivity index (χ0v) is 10.4. The third kappa shape index (κ3) is 3.10. The van der Waals surface area contributed by atoms with Gasteiger partial charge in [0.25, 0.3) is 0 Å². The van der Waals surface area contributed by atoms with E-state index >= 15 is 0 Å². The summed E-state index contributed by atoms with van der Waals surface area (Å²) in [6.07, 6.45) is 0. The Morgan fingerprint density at radius 3 is 2.78 bits per heavy atom. The monoisotopic (exact) mass is 256 g/mol. The van der Waals surface area contributed by atoms with Crippen molar-refractivity contribution in [1.82, 2.24) is 0 Å². The van der Waals surface area contributed by atoms with Crippen LogP contribution in [0.4, 0.5) is 15.8 Å². The first-order valence-electron chi connectivity index (χ1n) is 5.59. The molecule has 0 aliphatic rings. The largest absolute Gasteiger partial charge is 0.462 e. The summed E-state index contributed by atoms with van der Waals surface area (Å²) in [5, 5.41) is 8.83. The third-order valence-electron chi connectivity index (χ3n) is 2.46. The normalized spacial score (nSPS) is 10.2. The van der Waals surface area contributed by atoms with Gasteiger partial charge in [-0.05, 0) is 19.1 Å². The van der Waals surface area contributed by atoms with Gasteiger partial charge in [0.1, 0.15) is 5.82 Å². The molecule has 1 aromatic rings. The SMILES string of the molecule is CCOC(=O)c1cc(N(C)CCO)c(F)cc1N. The van der Waals surface area contributed by atoms with Crippen LogP contribution in [0.1, 0.15) is 17.3 Å². The first-order valence-corrected chi connectivity index (χ1v) is 5.59. The number of nitrogens with zero attached hydrogens (tertiary/aromatic N) is 1. The fraction of sp³-hybridized carbons (Fsp3) is 0.417. The van der Waals surface area contributed by atoms with Gasteiger partial charge in [0, 0.05) is 19.3 Å². The molecule has 0 fully saturated rings. The van der Waals surface area contributed by atoms with Crippen molar-refractivity contribution in [3.05, 3.63) is 23.5 Å². The highest BCUT2D eigenvalue weighted by molar-refractivity contribution is 5.96. The maximum Gasteiger partial charge on any atom is 0.340 e. The van der Waals surface area contributed by atoms with E-state index in [9.17, 15) is 9.18 Å². The van der Waals surface area contributed by atoms with Gasteiger partial charge in [-0.3, -0.25) is 0 Å². The van der Waals surface area contributed by atoms with Gasteiger partial charge in [0.2, 0.25) is 0 Å². The van der Waals surface area contributed by atoms with Crippen LogP contribution in [0.15, 0.2) is 12.1 Å². The molecule has 5 nitrogen and oxygen atoms in total. The summed E-state index contributed by atoms with van der Waals surface area (Å²) in [6.45, 7) is 2.03. The fourth-order valence-electron chi connectivity index (χ4n) is 1.53. The average molecular weight is 256 g/mol. The summed E-state index contributed by atoms with van der Waals surface area (Å²) in [7, 11) is 1.61. The van der Waals surface area contributed by atoms with Crippen molar-refractivity contribution in [2.45, 2.75) is 6.92 Å². The van der Waals surface area contributed by atoms with Gasteiger partial charge >= 0.3 is 5.97 Å². The maximum absolute atomic E-state index is 13.7. The van der Waals surface area contributed by atoms with Crippen molar-refractivity contribution in [1.29, 1.82) is 0 Å². The Balaban J connectivity index is 3.13. The topological polar surface area (TPSA) is 75.8 Å². The van der Waals surface area contributed by atoms with Crippen molar-refractivity contribution in [2.24, 2.45) is 0 Å². The van der Waals surface area contributed by atoms with Crippen LogP contribution in [0.5, 0.6) is 0 Å². The van der Waals surface area contributed by atoms with Crippen LogP contribution in [-0.4, -0.2) is 37.9 Å². The number of aliphatic hydroxyl groups excluding tert-OH is 1. The highest BCUT2D eigenvalue weighted by Gasteiger charge is 2.17. The van der Waals surface area contributed by atoms with E-state index in [0.717, 1.165) is 6.07 Å². The summed E-state index contributed by atoms with van der Waals surface area (Å²) in [6, 6.07) is 2.41. The van der Waals surface area contributed by atoms with Crippen molar-refractivity contribution < 1.29 is 19.0 Å². The number of anilines is 2. The van der Waals surface area contributed by atoms with Crippen LogP contribution in [0.3, 0.4) is 0 Å². The summed E-state index contributed by atoms with van der Waals surface area (Å²) in [5.74, 6) is -1.13. The molecule has 3 N–H and O–H groups in total. The van der Waals surface area contributed by atoms with E-state index in [1.165, 1.54) is 11.0 Å². The van der Waals surface area contributed by atoms with E-state index in [1.807, 2.05) is 0 Å². The molecule has 0 aliphatic heterocycles. The minimum absolute atomic E-state index is 0.0344. The Hall–Kier alpha value is -1.82. The highest BCUT2D eigenvalue weighted by Crippen LogP contribution is 2.25. The molecule has 0 aromatic heterocycles. The van der Waals surface area contributed by atoms with Crippen LogP contribution in [0.25, 0.3) is 0 Å². The number of nitrogen functional groups attached to an aromatic ring is 1. The standard InChI is InChI=1S/C12H17FN2O3/c1-3-18-12(17)8-6-11(15(2)4-5-16)9(13)7-10(8)14/h6-7,16H,3-5,14H2,1-2H3. The maximum atomic E-state index is 13.7. The predicted octanol–water partition coefficient (Wildman–Crippen LogP) is 1.01. The van der Waals surface area contributed by atoms with Crippen LogP contribution >= 0.6 is 0 Å². The second kappa shape index (κ2) is 6.20. The van der Waals surface area contributed by atoms with Gasteiger partial charge < -0.3 is 20.5 Å². The Kier molecular flexibility index (Phi) is 4.91. The van der Waals surface area contributed by atoms with Gasteiger partial charge in [0.15, 0.2) is 0 Å². The van der Waals surface area contributed by atoms with Crippen LogP contribution in [0, 0.1) is 5.82 Å². The highest BCUT2D eigenvalue weighted by atomic mass is 19.1. The number of benzene rings is 1. The third-order valence-corrected chi connectivity index (χ3v) is 2.46. The molecule has 0 amide bonds. The number of aliphatic hydroxyl groups is 1. The van der Waals surface area contributed by atoms with Crippen molar-refractivity contribution in [3.63, 3.8) is 0 Å². The molecule has 0 heterocycles. The number of ether oxygens (including phenoxy) is 1. The first-order chi connectivity index (χ1) is 8.51. The molecule has 1 rings (SSSR count). The molecular weight excluding hydrogens is 239 g/mol. The fourth-order valence-corrected chi connectivity index (χ4v) is 1.53. The molecule has 100 valence electrons. The summed E-state index contributed by atoms with van der Waals surface area (Å²) < 4.78 is 18.5. The van der Waals surface area contributed by atoms with Gasteiger partial charge in [-0.2, -0.15) is 0 Å². The molecule has 0 saturated heterocycles. The number of rotatable bonds is 5. The lowest BCUT2D eigenvalue weighted by atomic mass is 10.1. The first kappa shape index (κ1) is 14.2. The van der Waals surface area contributed by atoms with E-state index in [1.54, 1.807) is 14.0 Å². The minimum atomic E-state index is -0.589. The number of esters is 1. The van der Waals surface area contributed by atoms with Crippen molar-refractivity contribution in [2.75, 3.05) is 37.4 Å². The molecule has 0 radical (unpaired) electrons. The number of carbonyl (C=O) groups excluding carboxylic acids is 1. The Morgan fingerprint density at radius 1 is 1.56 bits per heavy atom. The number of halogens is 1. The molecule has 0 bridgehead atoms. The number of nitrogens with two attached hydrogens (primary N) is 1. The lowest BCUT2D eigenvalue weighted by Gasteiger charge is -2.20. The van der Waals surface area contributed by atoms with Crippen LogP contribution in [0.2, 0.25) is 0 Å². The smallest absolute Gasteiger partial charge is 0.340 e. The molecule has 18 heavy (non-hydrogen) atoms. The van der Waals surface area contributed by atoms with Crippen molar-refractivity contribution >= 4 is 17.3 Å². The zero-order chi connectivity index (χ0) is 13.7. The molecule has 6 heteroatoms. The molecule has 0 aliphatic carbocycles. The quantitative estimate of drug-likeness (QED) is 0.607. The zero-order valence-electron chi connectivity index (χ0n) is 10.4. The number of carbonyl (C=O) groups is 1. The average Bonchev–Trinajstić information content (AvgIpc) is 2.29. The molecule has 0 unspecified atom stereocenters. The second-order valence-electron chi connectivity index (χ2n) is 3.76. The summed E-state index contributed by atoms with van der Waals surface area (Å²) >= 11 is 0. The number of hydrogen-bond acceptors (Lipinski definition) is 5. The van der Waals surface area contributed by atoms with Gasteiger partial charge in [-0.1, -0.05) is 0 Å². The van der Waals surface area contributed by atoms with Gasteiger partial charge in [-0.25, -0.2) is 9.18 Å². The van der Waals surface area contributed by atoms with E-state index in [-0.39, 0.29) is 36.7 Å². The molecule has 1 aromatic carbocycles. The Labute approximate surface area is 105 Å². The lowest BCUT2D eigenvalue weighted by Crippen LogP contribution is -2.23. The second-order valence-corrected chi connectivity index (χ2v) is 3.76. The predicted molar refractivity (Wildman–Crippen MR) is 67.1 cm³/mol. The Bertz CT molecular complexity index is 438. The Morgan fingerprint density at radius 2 is 2.22 bits per heavy atom. The van der Waals surface area contributed by atoms with Gasteiger partial charge in [-0.15, -0.1) is 0 Å². The molecule has 0 saturated carbocycles. The lowest BCUT2D eigenvalue weighted by molar-refractivity contribution is 0.0527. The number of hydrogen-bond donors (Lipinski definition) is 2. The summed E-state index contributed by atoms with van der Waals surface area (Å²) in [4.78, 5) is 13.1. The minimum Gasteiger partial charge on any atom is -0.462 e. The van der Waals surface area contributed by atoms with Crippen molar-refractivity contribution in [3.8, 4) is 0 Å². The molecular formula is C12H17FN2O3. The van der Waals surface area contributed by atoms with Crippen LogP contribution in [-0.2, 0) is 4.74 Å². The van der Waals surface area contributed by atoms with E-state index < -0.39 is 11.8 Å². The molecule has 0 spiro atoms. The van der Waals surface area contributed by atoms with Gasteiger partial charge in [0.05, 0.1) is 24.5 Å².